The number of nitrogens with one attached hydrogen (secondary N) is 1. The summed E-state index contributed by atoms with van der Waals surface area (Å²) in [6.45, 7) is 0. The zero-order valence-electron chi connectivity index (χ0n) is 9.67. The van der Waals surface area contributed by atoms with Crippen LogP contribution in [0, 0.1) is 17.1 Å². The molecule has 1 N–H and O–H groups in total. The minimum absolute atomic E-state index is 0.156. The number of sulfonamides is 1. The van der Waals surface area contributed by atoms with Crippen LogP contribution >= 0.6 is 0 Å². The van der Waals surface area contributed by atoms with Crippen molar-refractivity contribution in [1.82, 2.24) is 0 Å². The van der Waals surface area contributed by atoms with Crippen LogP contribution in [-0.2, 0) is 10.0 Å². The minimum atomic E-state index is -3.83. The van der Waals surface area contributed by atoms with Gasteiger partial charge in [0.2, 0.25) is 0 Å². The second kappa shape index (κ2) is 5.08. The first-order valence-corrected chi connectivity index (χ1v) is 6.78. The van der Waals surface area contributed by atoms with E-state index in [0.717, 1.165) is 6.07 Å². The Bertz CT molecular complexity index is 734. The SMILES string of the molecule is N#Cc1ccc(NS(=O)(=O)c2cccc(F)c2)cc1. The van der Waals surface area contributed by atoms with Gasteiger partial charge in [0, 0.05) is 5.69 Å². The number of nitrogens with zero attached hydrogens (tertiary/aromatic N) is 1. The molecule has 0 fully saturated rings. The molecule has 0 aliphatic carbocycles. The molecule has 0 unspecified atom stereocenters. The number of hydrogen-bond donors (Lipinski definition) is 1. The summed E-state index contributed by atoms with van der Waals surface area (Å²) in [6.07, 6.45) is 0. The average Bonchev–Trinajstić information content (AvgIpc) is 2.39. The first-order valence-electron chi connectivity index (χ1n) is 5.30. The number of nitriles is 1. The molecule has 2 aromatic rings. The highest BCUT2D eigenvalue weighted by atomic mass is 32.2. The molecule has 0 aliphatic rings. The fourth-order valence-corrected chi connectivity index (χ4v) is 2.55. The molecule has 0 bridgehead atoms. The van der Waals surface area contributed by atoms with Crippen molar-refractivity contribution in [1.29, 1.82) is 5.26 Å². The molecule has 0 aliphatic heterocycles. The third-order valence-corrected chi connectivity index (χ3v) is 3.75. The molecule has 0 heterocycles. The Hall–Kier alpha value is -2.39. The number of anilines is 1. The predicted molar refractivity (Wildman–Crippen MR) is 68.4 cm³/mol. The molecule has 19 heavy (non-hydrogen) atoms. The van der Waals surface area contributed by atoms with E-state index in [1.807, 2.05) is 6.07 Å². The normalized spacial score (nSPS) is 10.7. The summed E-state index contributed by atoms with van der Waals surface area (Å²) >= 11 is 0. The zero-order valence-corrected chi connectivity index (χ0v) is 10.5. The van der Waals surface area contributed by atoms with Crippen LogP contribution in [0.1, 0.15) is 5.56 Å². The Morgan fingerprint density at radius 3 is 2.37 bits per heavy atom. The van der Waals surface area contributed by atoms with E-state index in [2.05, 4.69) is 4.72 Å². The van der Waals surface area contributed by atoms with E-state index in [1.165, 1.54) is 42.5 Å². The molecule has 0 radical (unpaired) electrons. The molecule has 4 nitrogen and oxygen atoms in total. The van der Waals surface area contributed by atoms with Gasteiger partial charge >= 0.3 is 0 Å². The van der Waals surface area contributed by atoms with E-state index in [-0.39, 0.29) is 4.90 Å². The third-order valence-electron chi connectivity index (χ3n) is 2.37. The van der Waals surface area contributed by atoms with Gasteiger partial charge in [0.25, 0.3) is 10.0 Å². The molecule has 0 amide bonds. The van der Waals surface area contributed by atoms with E-state index in [1.54, 1.807) is 0 Å². The molecule has 0 spiro atoms. The van der Waals surface area contributed by atoms with Gasteiger partial charge < -0.3 is 0 Å². The lowest BCUT2D eigenvalue weighted by Crippen LogP contribution is -2.13. The van der Waals surface area contributed by atoms with Crippen molar-refractivity contribution in [3.63, 3.8) is 0 Å². The highest BCUT2D eigenvalue weighted by Crippen LogP contribution is 2.17. The Labute approximate surface area is 110 Å². The lowest BCUT2D eigenvalue weighted by atomic mass is 10.2. The fourth-order valence-electron chi connectivity index (χ4n) is 1.46. The molecular weight excluding hydrogens is 267 g/mol. The quantitative estimate of drug-likeness (QED) is 0.936. The molecule has 0 aromatic heterocycles. The Kier molecular flexibility index (Phi) is 3.49. The van der Waals surface area contributed by atoms with Gasteiger partial charge in [-0.3, -0.25) is 4.72 Å². The van der Waals surface area contributed by atoms with Crippen molar-refractivity contribution >= 4 is 15.7 Å². The largest absolute Gasteiger partial charge is 0.280 e. The molecule has 0 atom stereocenters. The summed E-state index contributed by atoms with van der Waals surface area (Å²) < 4.78 is 39.2. The molecule has 96 valence electrons. The summed E-state index contributed by atoms with van der Waals surface area (Å²) in [7, 11) is -3.83. The van der Waals surface area contributed by atoms with Crippen LogP contribution in [-0.4, -0.2) is 8.42 Å². The van der Waals surface area contributed by atoms with Gasteiger partial charge in [-0.2, -0.15) is 5.26 Å². The maximum absolute atomic E-state index is 13.0. The summed E-state index contributed by atoms with van der Waals surface area (Å²) in [5.41, 5.74) is 0.733. The highest BCUT2D eigenvalue weighted by Gasteiger charge is 2.14. The van der Waals surface area contributed by atoms with E-state index >= 15 is 0 Å². The van der Waals surface area contributed by atoms with Crippen LogP contribution in [0.5, 0.6) is 0 Å². The van der Waals surface area contributed by atoms with Crippen molar-refractivity contribution in [2.45, 2.75) is 4.90 Å². The van der Waals surface area contributed by atoms with Crippen molar-refractivity contribution in [3.8, 4) is 6.07 Å². The van der Waals surface area contributed by atoms with Gasteiger partial charge in [-0.05, 0) is 42.5 Å². The molecule has 0 saturated carbocycles. The number of benzene rings is 2. The van der Waals surface area contributed by atoms with Gasteiger partial charge in [0.05, 0.1) is 16.5 Å². The lowest BCUT2D eigenvalue weighted by molar-refractivity contribution is 0.595. The number of hydrogen-bond acceptors (Lipinski definition) is 3. The summed E-state index contributed by atoms with van der Waals surface area (Å²) in [5, 5.41) is 8.64. The minimum Gasteiger partial charge on any atom is -0.280 e. The standard InChI is InChI=1S/C13H9FN2O2S/c14-11-2-1-3-13(8-11)19(17,18)16-12-6-4-10(9-15)5-7-12/h1-8,16H. The maximum Gasteiger partial charge on any atom is 0.261 e. The second-order valence-corrected chi connectivity index (χ2v) is 5.43. The van der Waals surface area contributed by atoms with E-state index in [9.17, 15) is 12.8 Å². The van der Waals surface area contributed by atoms with Crippen LogP contribution in [0.2, 0.25) is 0 Å². The Morgan fingerprint density at radius 1 is 1.11 bits per heavy atom. The van der Waals surface area contributed by atoms with Crippen molar-refractivity contribution < 1.29 is 12.8 Å². The van der Waals surface area contributed by atoms with E-state index in [4.69, 9.17) is 5.26 Å². The van der Waals surface area contributed by atoms with Crippen molar-refractivity contribution in [2.75, 3.05) is 4.72 Å². The van der Waals surface area contributed by atoms with Crippen LogP contribution in [0.15, 0.2) is 53.4 Å². The first-order chi connectivity index (χ1) is 9.01. The molecule has 6 heteroatoms. The Morgan fingerprint density at radius 2 is 1.79 bits per heavy atom. The van der Waals surface area contributed by atoms with Crippen molar-refractivity contribution in [3.05, 3.63) is 59.9 Å². The smallest absolute Gasteiger partial charge is 0.261 e. The second-order valence-electron chi connectivity index (χ2n) is 3.75. The van der Waals surface area contributed by atoms with E-state index in [0.29, 0.717) is 11.3 Å². The van der Waals surface area contributed by atoms with Gasteiger partial charge in [-0.15, -0.1) is 0 Å². The van der Waals surface area contributed by atoms with Crippen LogP contribution < -0.4 is 4.72 Å². The average molecular weight is 276 g/mol. The summed E-state index contributed by atoms with van der Waals surface area (Å²) in [6, 6.07) is 12.6. The van der Waals surface area contributed by atoms with Crippen molar-refractivity contribution in [2.24, 2.45) is 0 Å². The zero-order chi connectivity index (χ0) is 13.9. The molecule has 0 saturated heterocycles. The summed E-state index contributed by atoms with van der Waals surface area (Å²) in [5.74, 6) is -0.622. The number of rotatable bonds is 3. The van der Waals surface area contributed by atoms with Gasteiger partial charge in [0.1, 0.15) is 5.82 Å². The van der Waals surface area contributed by atoms with Crippen LogP contribution in [0.3, 0.4) is 0 Å². The lowest BCUT2D eigenvalue weighted by Gasteiger charge is -2.07. The topological polar surface area (TPSA) is 70.0 Å². The van der Waals surface area contributed by atoms with Crippen LogP contribution in [0.4, 0.5) is 10.1 Å². The molecule has 2 aromatic carbocycles. The van der Waals surface area contributed by atoms with E-state index < -0.39 is 15.8 Å². The number of halogens is 1. The van der Waals surface area contributed by atoms with Gasteiger partial charge in [-0.1, -0.05) is 6.07 Å². The van der Waals surface area contributed by atoms with Gasteiger partial charge in [0.15, 0.2) is 0 Å². The highest BCUT2D eigenvalue weighted by molar-refractivity contribution is 7.92. The van der Waals surface area contributed by atoms with Crippen LogP contribution in [0.25, 0.3) is 0 Å². The predicted octanol–water partition coefficient (Wildman–Crippen LogP) is 2.50. The first kappa shape index (κ1) is 13.1. The van der Waals surface area contributed by atoms with Gasteiger partial charge in [-0.25, -0.2) is 12.8 Å². The Balaban J connectivity index is 2.28. The molecule has 2 rings (SSSR count). The maximum atomic E-state index is 13.0. The summed E-state index contributed by atoms with van der Waals surface area (Å²) in [4.78, 5) is -0.156. The monoisotopic (exact) mass is 276 g/mol. The fraction of sp³-hybridized carbons (Fsp3) is 0. The molecular formula is C13H9FN2O2S. The third kappa shape index (κ3) is 3.09.